The molecule has 0 saturated carbocycles. The van der Waals surface area contributed by atoms with E-state index in [0.29, 0.717) is 17.3 Å². The van der Waals surface area contributed by atoms with Gasteiger partial charge in [0.05, 0.1) is 5.69 Å². The summed E-state index contributed by atoms with van der Waals surface area (Å²) in [6, 6.07) is 1.60. The average Bonchev–Trinajstić information content (AvgIpc) is 2.69. The summed E-state index contributed by atoms with van der Waals surface area (Å²) < 4.78 is 41.8. The lowest BCUT2D eigenvalue weighted by Crippen LogP contribution is -2.21. The first-order valence-corrected chi connectivity index (χ1v) is 6.73. The molecule has 1 aromatic carbocycles. The monoisotopic (exact) mass is 317 g/mol. The van der Waals surface area contributed by atoms with Crippen LogP contribution in [-0.4, -0.2) is 16.8 Å². The molecule has 1 N–H and O–H groups in total. The Kier molecular flexibility index (Phi) is 4.58. The molecule has 0 aliphatic heterocycles. The highest BCUT2D eigenvalue weighted by Crippen LogP contribution is 2.28. The molecule has 0 bridgehead atoms. The summed E-state index contributed by atoms with van der Waals surface area (Å²) >= 11 is 6.14. The Balaban J connectivity index is 2.39. The molecule has 0 saturated heterocycles. The first kappa shape index (κ1) is 15.9. The number of aryl methyl sites for hydroxylation is 2. The molecule has 0 fully saturated rings. The zero-order valence-corrected chi connectivity index (χ0v) is 12.6. The van der Waals surface area contributed by atoms with Gasteiger partial charge in [-0.15, -0.1) is 0 Å². The van der Waals surface area contributed by atoms with Crippen LogP contribution in [0.15, 0.2) is 12.1 Å². The van der Waals surface area contributed by atoms with E-state index >= 15 is 0 Å². The van der Waals surface area contributed by atoms with E-state index in [1.807, 2.05) is 0 Å². The Morgan fingerprint density at radius 3 is 2.48 bits per heavy atom. The molecule has 1 atom stereocenters. The van der Waals surface area contributed by atoms with Crippen molar-refractivity contribution >= 4 is 11.6 Å². The number of likely N-dealkylation sites (N-methyl/N-ethyl adjacent to an activating group) is 1. The second-order valence-corrected chi connectivity index (χ2v) is 5.15. The number of hydrogen-bond donors (Lipinski definition) is 1. The molecule has 1 heterocycles. The standard InChI is InChI=1S/C14H15ClF3N3/c1-7-9(14(15)21(3)20-7)6-11(19-2)8-4-5-10(16)13(18)12(8)17/h4-5,11,19H,6H2,1-3H3. The number of nitrogens with zero attached hydrogens (tertiary/aromatic N) is 2. The molecule has 1 unspecified atom stereocenters. The minimum Gasteiger partial charge on any atom is -0.313 e. The summed E-state index contributed by atoms with van der Waals surface area (Å²) in [6.45, 7) is 1.79. The van der Waals surface area contributed by atoms with E-state index in [0.717, 1.165) is 11.6 Å². The van der Waals surface area contributed by atoms with Crippen molar-refractivity contribution < 1.29 is 13.2 Å². The van der Waals surface area contributed by atoms with Gasteiger partial charge in [-0.05, 0) is 26.5 Å². The van der Waals surface area contributed by atoms with Crippen LogP contribution in [0.4, 0.5) is 13.2 Å². The summed E-state index contributed by atoms with van der Waals surface area (Å²) in [5.41, 5.74) is 1.50. The van der Waals surface area contributed by atoms with Gasteiger partial charge in [-0.25, -0.2) is 13.2 Å². The number of nitrogens with one attached hydrogen (secondary N) is 1. The topological polar surface area (TPSA) is 29.9 Å². The Labute approximate surface area is 125 Å². The largest absolute Gasteiger partial charge is 0.313 e. The van der Waals surface area contributed by atoms with Crippen LogP contribution in [0, 0.1) is 24.4 Å². The van der Waals surface area contributed by atoms with Gasteiger partial charge in [0.1, 0.15) is 5.15 Å². The minimum absolute atomic E-state index is 0.0516. The van der Waals surface area contributed by atoms with Crippen LogP contribution in [0.2, 0.25) is 5.15 Å². The van der Waals surface area contributed by atoms with Gasteiger partial charge in [0.15, 0.2) is 17.5 Å². The van der Waals surface area contributed by atoms with Crippen LogP contribution in [-0.2, 0) is 13.5 Å². The molecule has 0 amide bonds. The zero-order chi connectivity index (χ0) is 15.7. The minimum atomic E-state index is -1.47. The van der Waals surface area contributed by atoms with Gasteiger partial charge >= 0.3 is 0 Å². The van der Waals surface area contributed by atoms with E-state index in [-0.39, 0.29) is 5.56 Å². The molecule has 3 nitrogen and oxygen atoms in total. The van der Waals surface area contributed by atoms with Crippen molar-refractivity contribution in [2.24, 2.45) is 7.05 Å². The first-order chi connectivity index (χ1) is 9.86. The van der Waals surface area contributed by atoms with E-state index in [9.17, 15) is 13.2 Å². The van der Waals surface area contributed by atoms with Crippen LogP contribution >= 0.6 is 11.6 Å². The second kappa shape index (κ2) is 6.07. The number of benzene rings is 1. The molecular weight excluding hydrogens is 303 g/mol. The Morgan fingerprint density at radius 2 is 1.95 bits per heavy atom. The summed E-state index contributed by atoms with van der Waals surface area (Å²) in [4.78, 5) is 0. The molecule has 0 aliphatic rings. The molecule has 0 radical (unpaired) electrons. The summed E-state index contributed by atoms with van der Waals surface area (Å²) in [7, 11) is 3.32. The van der Waals surface area contributed by atoms with Gasteiger partial charge in [-0.3, -0.25) is 4.68 Å². The van der Waals surface area contributed by atoms with Crippen LogP contribution in [0.5, 0.6) is 0 Å². The summed E-state index contributed by atoms with van der Waals surface area (Å²) in [5, 5.41) is 7.51. The van der Waals surface area contributed by atoms with Crippen LogP contribution in [0.3, 0.4) is 0 Å². The average molecular weight is 318 g/mol. The highest BCUT2D eigenvalue weighted by Gasteiger charge is 2.23. The van der Waals surface area contributed by atoms with Crippen LogP contribution < -0.4 is 5.32 Å². The maximum atomic E-state index is 13.9. The van der Waals surface area contributed by atoms with Crippen molar-refractivity contribution in [3.63, 3.8) is 0 Å². The predicted molar refractivity (Wildman–Crippen MR) is 74.8 cm³/mol. The van der Waals surface area contributed by atoms with Crippen molar-refractivity contribution in [1.29, 1.82) is 0 Å². The third-order valence-electron chi connectivity index (χ3n) is 3.47. The number of hydrogen-bond acceptors (Lipinski definition) is 2. The molecule has 1 aromatic heterocycles. The van der Waals surface area contributed by atoms with Crippen LogP contribution in [0.25, 0.3) is 0 Å². The van der Waals surface area contributed by atoms with E-state index < -0.39 is 23.5 Å². The maximum Gasteiger partial charge on any atom is 0.194 e. The van der Waals surface area contributed by atoms with Gasteiger partial charge < -0.3 is 5.32 Å². The molecule has 21 heavy (non-hydrogen) atoms. The molecule has 2 rings (SSSR count). The third kappa shape index (κ3) is 2.91. The first-order valence-electron chi connectivity index (χ1n) is 6.35. The quantitative estimate of drug-likeness (QED) is 0.877. The van der Waals surface area contributed by atoms with Gasteiger partial charge in [0.2, 0.25) is 0 Å². The van der Waals surface area contributed by atoms with Crippen molar-refractivity contribution in [2.75, 3.05) is 7.05 Å². The molecule has 114 valence electrons. The highest BCUT2D eigenvalue weighted by atomic mass is 35.5. The van der Waals surface area contributed by atoms with Crippen molar-refractivity contribution in [3.8, 4) is 0 Å². The van der Waals surface area contributed by atoms with E-state index in [1.165, 1.54) is 10.7 Å². The Bertz CT molecular complexity index is 670. The van der Waals surface area contributed by atoms with E-state index in [4.69, 9.17) is 11.6 Å². The summed E-state index contributed by atoms with van der Waals surface area (Å²) in [6.07, 6.45) is 0.316. The molecule has 0 spiro atoms. The fraction of sp³-hybridized carbons (Fsp3) is 0.357. The van der Waals surface area contributed by atoms with Crippen molar-refractivity contribution in [2.45, 2.75) is 19.4 Å². The normalized spacial score (nSPS) is 12.7. The lowest BCUT2D eigenvalue weighted by molar-refractivity contribution is 0.428. The van der Waals surface area contributed by atoms with Gasteiger partial charge in [-0.1, -0.05) is 17.7 Å². The van der Waals surface area contributed by atoms with Gasteiger partial charge in [0, 0.05) is 24.2 Å². The fourth-order valence-electron chi connectivity index (χ4n) is 2.29. The molecule has 2 aromatic rings. The van der Waals surface area contributed by atoms with Gasteiger partial charge in [-0.2, -0.15) is 5.10 Å². The Hall–Kier alpha value is -1.53. The molecule has 0 aliphatic carbocycles. The van der Waals surface area contributed by atoms with E-state index in [1.54, 1.807) is 21.0 Å². The number of halogens is 4. The van der Waals surface area contributed by atoms with E-state index in [2.05, 4.69) is 10.4 Å². The maximum absolute atomic E-state index is 13.9. The predicted octanol–water partition coefficient (Wildman–Crippen LogP) is 3.30. The number of rotatable bonds is 4. The van der Waals surface area contributed by atoms with Crippen molar-refractivity contribution in [3.05, 3.63) is 51.6 Å². The summed E-state index contributed by atoms with van der Waals surface area (Å²) in [5.74, 6) is -3.87. The SMILES string of the molecule is CNC(Cc1c(C)nn(C)c1Cl)c1ccc(F)c(F)c1F. The van der Waals surface area contributed by atoms with Crippen LogP contribution in [0.1, 0.15) is 22.9 Å². The smallest absolute Gasteiger partial charge is 0.194 e. The lowest BCUT2D eigenvalue weighted by Gasteiger charge is -2.18. The second-order valence-electron chi connectivity index (χ2n) is 4.79. The zero-order valence-electron chi connectivity index (χ0n) is 11.8. The van der Waals surface area contributed by atoms with Crippen molar-refractivity contribution in [1.82, 2.24) is 15.1 Å². The van der Waals surface area contributed by atoms with Gasteiger partial charge in [0.25, 0.3) is 0 Å². The Morgan fingerprint density at radius 1 is 1.29 bits per heavy atom. The third-order valence-corrected chi connectivity index (χ3v) is 3.94. The lowest BCUT2D eigenvalue weighted by atomic mass is 9.98. The number of aromatic nitrogens is 2. The highest BCUT2D eigenvalue weighted by molar-refractivity contribution is 6.30. The molecule has 7 heteroatoms. The fourth-order valence-corrected chi connectivity index (χ4v) is 2.54. The molecular formula is C14H15ClF3N3.